The van der Waals surface area contributed by atoms with Gasteiger partial charge in [0.2, 0.25) is 5.91 Å². The first-order chi connectivity index (χ1) is 11.6. The topological polar surface area (TPSA) is 70.2 Å². The number of carbonyl (C=O) groups excluding carboxylic acids is 2. The molecule has 0 saturated heterocycles. The molecule has 24 heavy (non-hydrogen) atoms. The van der Waals surface area contributed by atoms with E-state index in [4.69, 9.17) is 0 Å². The van der Waals surface area contributed by atoms with E-state index in [0.717, 1.165) is 0 Å². The Morgan fingerprint density at radius 2 is 1.71 bits per heavy atom. The first kappa shape index (κ1) is 17.2. The Morgan fingerprint density at radius 1 is 1.04 bits per heavy atom. The zero-order valence-corrected chi connectivity index (χ0v) is 13.0. The normalized spacial score (nSPS) is 9.88. The van der Waals surface area contributed by atoms with Crippen molar-refractivity contribution >= 4 is 23.3 Å². The molecule has 0 unspecified atom stereocenters. The van der Waals surface area contributed by atoms with E-state index in [1.165, 1.54) is 12.1 Å². The maximum atomic E-state index is 13.1. The summed E-state index contributed by atoms with van der Waals surface area (Å²) in [5, 5.41) is 7.96. The Morgan fingerprint density at radius 3 is 2.33 bits per heavy atom. The average Bonchev–Trinajstić information content (AvgIpc) is 2.54. The van der Waals surface area contributed by atoms with Gasteiger partial charge in [-0.1, -0.05) is 18.2 Å². The Labute approximate surface area is 139 Å². The van der Waals surface area contributed by atoms with Crippen molar-refractivity contribution in [1.82, 2.24) is 5.32 Å². The second kappa shape index (κ2) is 8.47. The van der Waals surface area contributed by atoms with Gasteiger partial charge < -0.3 is 16.0 Å². The van der Waals surface area contributed by atoms with E-state index in [2.05, 4.69) is 22.5 Å². The number of anilines is 2. The van der Waals surface area contributed by atoms with Gasteiger partial charge in [-0.25, -0.2) is 9.18 Å². The molecular weight excluding hydrogens is 309 g/mol. The van der Waals surface area contributed by atoms with Crippen molar-refractivity contribution < 1.29 is 14.0 Å². The van der Waals surface area contributed by atoms with Crippen LogP contribution in [0.15, 0.2) is 61.2 Å². The van der Waals surface area contributed by atoms with Gasteiger partial charge >= 0.3 is 6.03 Å². The van der Waals surface area contributed by atoms with Gasteiger partial charge in [0.05, 0.1) is 6.42 Å². The summed E-state index contributed by atoms with van der Waals surface area (Å²) >= 11 is 0. The molecule has 0 saturated carbocycles. The lowest BCUT2D eigenvalue weighted by Crippen LogP contribution is -2.28. The molecule has 0 radical (unpaired) electrons. The lowest BCUT2D eigenvalue weighted by atomic mass is 10.1. The van der Waals surface area contributed by atoms with Crippen molar-refractivity contribution in [2.45, 2.75) is 6.42 Å². The number of benzene rings is 2. The van der Waals surface area contributed by atoms with Crippen LogP contribution in [0.3, 0.4) is 0 Å². The molecule has 3 amide bonds. The monoisotopic (exact) mass is 327 g/mol. The van der Waals surface area contributed by atoms with Gasteiger partial charge in [-0.15, -0.1) is 6.58 Å². The molecule has 2 rings (SSSR count). The number of halogens is 1. The summed E-state index contributed by atoms with van der Waals surface area (Å²) < 4.78 is 13.1. The SMILES string of the molecule is C=CCNC(=O)Nc1ccc(NC(=O)Cc2cccc(F)c2)cc1. The van der Waals surface area contributed by atoms with Crippen LogP contribution in [0.25, 0.3) is 0 Å². The number of hydrogen-bond donors (Lipinski definition) is 3. The van der Waals surface area contributed by atoms with Crippen LogP contribution in [-0.4, -0.2) is 18.5 Å². The Balaban J connectivity index is 1.87. The number of nitrogens with one attached hydrogen (secondary N) is 3. The number of rotatable bonds is 6. The molecule has 2 aromatic carbocycles. The summed E-state index contributed by atoms with van der Waals surface area (Å²) in [5.41, 5.74) is 1.79. The molecule has 0 aromatic heterocycles. The molecule has 5 nitrogen and oxygen atoms in total. The highest BCUT2D eigenvalue weighted by atomic mass is 19.1. The van der Waals surface area contributed by atoms with Crippen LogP contribution in [-0.2, 0) is 11.2 Å². The zero-order valence-electron chi connectivity index (χ0n) is 13.0. The van der Waals surface area contributed by atoms with Gasteiger partial charge in [0.25, 0.3) is 0 Å². The summed E-state index contributed by atoms with van der Waals surface area (Å²) in [6, 6.07) is 12.3. The fraction of sp³-hybridized carbons (Fsp3) is 0.111. The molecule has 6 heteroatoms. The third-order valence-corrected chi connectivity index (χ3v) is 3.09. The number of amides is 3. The first-order valence-corrected chi connectivity index (χ1v) is 7.37. The van der Waals surface area contributed by atoms with E-state index in [1.54, 1.807) is 42.5 Å². The van der Waals surface area contributed by atoms with Crippen LogP contribution in [0.2, 0.25) is 0 Å². The van der Waals surface area contributed by atoms with Gasteiger partial charge in [-0.3, -0.25) is 4.79 Å². The van der Waals surface area contributed by atoms with Crippen molar-refractivity contribution in [2.24, 2.45) is 0 Å². The van der Waals surface area contributed by atoms with E-state index >= 15 is 0 Å². The van der Waals surface area contributed by atoms with Crippen LogP contribution in [0.5, 0.6) is 0 Å². The third-order valence-electron chi connectivity index (χ3n) is 3.09. The Kier molecular flexibility index (Phi) is 6.08. The van der Waals surface area contributed by atoms with E-state index in [-0.39, 0.29) is 24.2 Å². The molecular formula is C18H18FN3O2. The molecule has 0 spiro atoms. The van der Waals surface area contributed by atoms with Gasteiger partial charge in [-0.2, -0.15) is 0 Å². The van der Waals surface area contributed by atoms with Crippen molar-refractivity contribution in [3.63, 3.8) is 0 Å². The summed E-state index contributed by atoms with van der Waals surface area (Å²) in [5.74, 6) is -0.615. The van der Waals surface area contributed by atoms with Crippen LogP contribution in [0.4, 0.5) is 20.6 Å². The molecule has 3 N–H and O–H groups in total. The smallest absolute Gasteiger partial charge is 0.319 e. The molecule has 0 bridgehead atoms. The Hall–Kier alpha value is -3.15. The molecule has 0 atom stereocenters. The molecule has 0 heterocycles. The highest BCUT2D eigenvalue weighted by Gasteiger charge is 2.06. The summed E-state index contributed by atoms with van der Waals surface area (Å²) in [6.45, 7) is 3.89. The fourth-order valence-electron chi connectivity index (χ4n) is 2.01. The van der Waals surface area contributed by atoms with Crippen LogP contribution in [0.1, 0.15) is 5.56 Å². The molecule has 124 valence electrons. The zero-order chi connectivity index (χ0) is 17.4. The average molecular weight is 327 g/mol. The summed E-state index contributed by atoms with van der Waals surface area (Å²) in [6.07, 6.45) is 1.67. The quantitative estimate of drug-likeness (QED) is 0.712. The number of hydrogen-bond acceptors (Lipinski definition) is 2. The third kappa shape index (κ3) is 5.57. The highest BCUT2D eigenvalue weighted by Crippen LogP contribution is 2.14. The standard InChI is InChI=1S/C18H18FN3O2/c1-2-10-20-18(24)22-16-8-6-15(7-9-16)21-17(23)12-13-4-3-5-14(19)11-13/h2-9,11H,1,10,12H2,(H,21,23)(H2,20,22,24). The number of urea groups is 1. The second-order valence-corrected chi connectivity index (χ2v) is 5.06. The lowest BCUT2D eigenvalue weighted by molar-refractivity contribution is -0.115. The van der Waals surface area contributed by atoms with Crippen molar-refractivity contribution in [3.05, 3.63) is 72.6 Å². The molecule has 2 aromatic rings. The van der Waals surface area contributed by atoms with E-state index in [9.17, 15) is 14.0 Å². The van der Waals surface area contributed by atoms with Gasteiger partial charge in [0, 0.05) is 17.9 Å². The minimum absolute atomic E-state index is 0.0850. The van der Waals surface area contributed by atoms with E-state index in [1.807, 2.05) is 0 Å². The molecule has 0 aliphatic carbocycles. The Bertz CT molecular complexity index is 729. The van der Waals surface area contributed by atoms with Gasteiger partial charge in [0.1, 0.15) is 5.82 Å². The summed E-state index contributed by atoms with van der Waals surface area (Å²) in [7, 11) is 0. The lowest BCUT2D eigenvalue weighted by Gasteiger charge is -2.08. The van der Waals surface area contributed by atoms with Gasteiger partial charge in [0.15, 0.2) is 0 Å². The van der Waals surface area contributed by atoms with Gasteiger partial charge in [-0.05, 0) is 42.0 Å². The highest BCUT2D eigenvalue weighted by molar-refractivity contribution is 5.93. The predicted molar refractivity (Wildman–Crippen MR) is 92.4 cm³/mol. The van der Waals surface area contributed by atoms with Crippen LogP contribution in [0, 0.1) is 5.82 Å². The minimum atomic E-state index is -0.370. The fourth-order valence-corrected chi connectivity index (χ4v) is 2.01. The van der Waals surface area contributed by atoms with Crippen molar-refractivity contribution in [3.8, 4) is 0 Å². The number of carbonyl (C=O) groups is 2. The first-order valence-electron chi connectivity index (χ1n) is 7.37. The van der Waals surface area contributed by atoms with Crippen molar-refractivity contribution in [1.29, 1.82) is 0 Å². The van der Waals surface area contributed by atoms with Crippen LogP contribution >= 0.6 is 0 Å². The minimum Gasteiger partial charge on any atom is -0.334 e. The maximum Gasteiger partial charge on any atom is 0.319 e. The largest absolute Gasteiger partial charge is 0.334 e. The van der Waals surface area contributed by atoms with E-state index in [0.29, 0.717) is 23.5 Å². The molecule has 0 fully saturated rings. The second-order valence-electron chi connectivity index (χ2n) is 5.06. The van der Waals surface area contributed by atoms with Crippen LogP contribution < -0.4 is 16.0 Å². The van der Waals surface area contributed by atoms with Crippen molar-refractivity contribution in [2.75, 3.05) is 17.2 Å². The molecule has 0 aliphatic heterocycles. The van der Waals surface area contributed by atoms with E-state index < -0.39 is 0 Å². The predicted octanol–water partition coefficient (Wildman–Crippen LogP) is 3.31. The summed E-state index contributed by atoms with van der Waals surface area (Å²) in [4.78, 5) is 23.4. The maximum absolute atomic E-state index is 13.1. The molecule has 0 aliphatic rings.